The van der Waals surface area contributed by atoms with Crippen molar-refractivity contribution in [2.45, 2.75) is 6.54 Å². The molecule has 0 spiro atoms. The zero-order chi connectivity index (χ0) is 13.0. The first-order valence-corrected chi connectivity index (χ1v) is 5.65. The van der Waals surface area contributed by atoms with Gasteiger partial charge in [-0.05, 0) is 11.6 Å². The van der Waals surface area contributed by atoms with E-state index in [1.165, 1.54) is 6.07 Å². The molecule has 1 aromatic carbocycles. The molecule has 0 fully saturated rings. The second kappa shape index (κ2) is 5.31. The Hall–Kier alpha value is -2.36. The average molecular weight is 242 g/mol. The van der Waals surface area contributed by atoms with Crippen molar-refractivity contribution in [3.8, 4) is 0 Å². The van der Waals surface area contributed by atoms with Crippen LogP contribution < -0.4 is 5.56 Å². The highest BCUT2D eigenvalue weighted by Gasteiger charge is 2.12. The molecule has 0 aliphatic rings. The van der Waals surface area contributed by atoms with Crippen molar-refractivity contribution in [3.05, 3.63) is 70.1 Å². The van der Waals surface area contributed by atoms with Gasteiger partial charge in [0.05, 0.1) is 0 Å². The minimum atomic E-state index is -0.269. The molecule has 1 N–H and O–H groups in total. The van der Waals surface area contributed by atoms with Crippen LogP contribution in [0.5, 0.6) is 0 Å². The molecule has 18 heavy (non-hydrogen) atoms. The lowest BCUT2D eigenvalue weighted by Crippen LogP contribution is -2.28. The molecule has 0 unspecified atom stereocenters. The Morgan fingerprint density at radius 2 is 1.83 bits per heavy atom. The maximum atomic E-state index is 12.1. The minimum absolute atomic E-state index is 0.198. The molecular weight excluding hydrogens is 228 g/mol. The highest BCUT2D eigenvalue weighted by molar-refractivity contribution is 5.91. The summed E-state index contributed by atoms with van der Waals surface area (Å²) in [5.74, 6) is -0.198. The number of hydrogen-bond acceptors (Lipinski definition) is 2. The molecule has 0 aliphatic carbocycles. The summed E-state index contributed by atoms with van der Waals surface area (Å²) in [6.45, 7) is 0.511. The third kappa shape index (κ3) is 2.85. The van der Waals surface area contributed by atoms with E-state index in [0.717, 1.165) is 5.56 Å². The Morgan fingerprint density at radius 3 is 2.50 bits per heavy atom. The first-order chi connectivity index (χ1) is 8.66. The summed E-state index contributed by atoms with van der Waals surface area (Å²) in [4.78, 5) is 27.3. The number of carbonyl (C=O) groups excluding carboxylic acids is 1. The van der Waals surface area contributed by atoms with E-state index < -0.39 is 0 Å². The topological polar surface area (TPSA) is 53.2 Å². The second-order valence-electron chi connectivity index (χ2n) is 4.08. The van der Waals surface area contributed by atoms with Crippen LogP contribution in [0.3, 0.4) is 0 Å². The molecule has 4 heteroatoms. The van der Waals surface area contributed by atoms with Crippen LogP contribution >= 0.6 is 0 Å². The fourth-order valence-corrected chi connectivity index (χ4v) is 1.71. The Bertz CT molecular complexity index is 590. The van der Waals surface area contributed by atoms with Crippen LogP contribution in [0.2, 0.25) is 0 Å². The molecule has 0 saturated carbocycles. The Kier molecular flexibility index (Phi) is 3.57. The number of nitrogens with one attached hydrogen (secondary N) is 1. The molecule has 92 valence electrons. The van der Waals surface area contributed by atoms with Gasteiger partial charge in [0.15, 0.2) is 0 Å². The molecule has 0 atom stereocenters. The van der Waals surface area contributed by atoms with Crippen LogP contribution in [-0.4, -0.2) is 22.8 Å². The van der Waals surface area contributed by atoms with E-state index in [4.69, 9.17) is 0 Å². The third-order valence-electron chi connectivity index (χ3n) is 2.61. The van der Waals surface area contributed by atoms with Gasteiger partial charge in [-0.3, -0.25) is 9.59 Å². The molecule has 4 nitrogen and oxygen atoms in total. The monoisotopic (exact) mass is 242 g/mol. The zero-order valence-corrected chi connectivity index (χ0v) is 10.1. The van der Waals surface area contributed by atoms with Crippen molar-refractivity contribution in [2.24, 2.45) is 0 Å². The van der Waals surface area contributed by atoms with Crippen LogP contribution in [0.4, 0.5) is 0 Å². The van der Waals surface area contributed by atoms with E-state index in [0.29, 0.717) is 12.2 Å². The summed E-state index contributed by atoms with van der Waals surface area (Å²) in [5.41, 5.74) is 1.08. The van der Waals surface area contributed by atoms with Crippen LogP contribution in [-0.2, 0) is 6.54 Å². The van der Waals surface area contributed by atoms with Crippen LogP contribution in [0.25, 0.3) is 0 Å². The van der Waals surface area contributed by atoms with Crippen molar-refractivity contribution in [1.29, 1.82) is 0 Å². The van der Waals surface area contributed by atoms with Gasteiger partial charge in [-0.15, -0.1) is 0 Å². The number of aromatic nitrogens is 1. The van der Waals surface area contributed by atoms with E-state index in [9.17, 15) is 9.59 Å². The predicted molar refractivity (Wildman–Crippen MR) is 69.3 cm³/mol. The van der Waals surface area contributed by atoms with Crippen LogP contribution in [0, 0.1) is 0 Å². The number of hydrogen-bond donors (Lipinski definition) is 1. The standard InChI is InChI=1S/C14H14N2O2/c1-16(10-11-6-3-2-4-7-11)14(18)12-8-5-9-13(17)15-12/h2-9H,10H2,1H3,(H,15,17). The molecule has 0 aliphatic heterocycles. The lowest BCUT2D eigenvalue weighted by molar-refractivity contribution is 0.0779. The highest BCUT2D eigenvalue weighted by atomic mass is 16.2. The highest BCUT2D eigenvalue weighted by Crippen LogP contribution is 2.05. The molecule has 0 radical (unpaired) electrons. The van der Waals surface area contributed by atoms with Gasteiger partial charge in [0.25, 0.3) is 5.91 Å². The third-order valence-corrected chi connectivity index (χ3v) is 2.61. The zero-order valence-electron chi connectivity index (χ0n) is 10.1. The maximum Gasteiger partial charge on any atom is 0.270 e. The van der Waals surface area contributed by atoms with Gasteiger partial charge in [-0.1, -0.05) is 36.4 Å². The van der Waals surface area contributed by atoms with E-state index >= 15 is 0 Å². The van der Waals surface area contributed by atoms with Crippen LogP contribution in [0.1, 0.15) is 16.1 Å². The van der Waals surface area contributed by atoms with Gasteiger partial charge in [-0.2, -0.15) is 0 Å². The van der Waals surface area contributed by atoms with E-state index in [-0.39, 0.29) is 11.5 Å². The summed E-state index contributed by atoms with van der Waals surface area (Å²) < 4.78 is 0. The average Bonchev–Trinajstić information content (AvgIpc) is 2.39. The number of aromatic amines is 1. The van der Waals surface area contributed by atoms with Gasteiger partial charge in [0.1, 0.15) is 5.69 Å². The SMILES string of the molecule is CN(Cc1ccccc1)C(=O)c1cccc(=O)[nH]1. The smallest absolute Gasteiger partial charge is 0.270 e. The largest absolute Gasteiger partial charge is 0.336 e. The number of H-pyrrole nitrogens is 1. The first kappa shape index (κ1) is 12.1. The molecule has 0 bridgehead atoms. The van der Waals surface area contributed by atoms with Crippen molar-refractivity contribution in [2.75, 3.05) is 7.05 Å². The summed E-state index contributed by atoms with van der Waals surface area (Å²) in [6, 6.07) is 14.3. The number of amides is 1. The normalized spacial score (nSPS) is 10.1. The molecule has 1 amide bonds. The Balaban J connectivity index is 2.12. The van der Waals surface area contributed by atoms with E-state index in [1.54, 1.807) is 24.1 Å². The fraction of sp³-hybridized carbons (Fsp3) is 0.143. The summed E-state index contributed by atoms with van der Waals surface area (Å²) in [7, 11) is 1.71. The van der Waals surface area contributed by atoms with Gasteiger partial charge in [-0.25, -0.2) is 0 Å². The first-order valence-electron chi connectivity index (χ1n) is 5.65. The van der Waals surface area contributed by atoms with Crippen molar-refractivity contribution in [3.63, 3.8) is 0 Å². The molecular formula is C14H14N2O2. The lowest BCUT2D eigenvalue weighted by Gasteiger charge is -2.16. The summed E-state index contributed by atoms with van der Waals surface area (Å²) in [6.07, 6.45) is 0. The molecule has 0 saturated heterocycles. The summed E-state index contributed by atoms with van der Waals surface area (Å²) in [5, 5.41) is 0. The number of carbonyl (C=O) groups is 1. The summed E-state index contributed by atoms with van der Waals surface area (Å²) >= 11 is 0. The quantitative estimate of drug-likeness (QED) is 0.889. The molecule has 1 heterocycles. The lowest BCUT2D eigenvalue weighted by atomic mass is 10.2. The van der Waals surface area contributed by atoms with Crippen molar-refractivity contribution < 1.29 is 4.79 Å². The number of pyridine rings is 1. The Morgan fingerprint density at radius 1 is 1.11 bits per heavy atom. The predicted octanol–water partition coefficient (Wildman–Crippen LogP) is 1.65. The van der Waals surface area contributed by atoms with Crippen molar-refractivity contribution in [1.82, 2.24) is 9.88 Å². The van der Waals surface area contributed by atoms with E-state index in [2.05, 4.69) is 4.98 Å². The van der Waals surface area contributed by atoms with Gasteiger partial charge >= 0.3 is 0 Å². The van der Waals surface area contributed by atoms with Crippen LogP contribution in [0.15, 0.2) is 53.3 Å². The number of benzene rings is 1. The maximum absolute atomic E-state index is 12.1. The fourth-order valence-electron chi connectivity index (χ4n) is 1.71. The minimum Gasteiger partial charge on any atom is -0.336 e. The van der Waals surface area contributed by atoms with Gasteiger partial charge in [0.2, 0.25) is 5.56 Å². The molecule has 1 aromatic heterocycles. The number of rotatable bonds is 3. The Labute approximate surface area is 105 Å². The van der Waals surface area contributed by atoms with Gasteiger partial charge < -0.3 is 9.88 Å². The van der Waals surface area contributed by atoms with Crippen molar-refractivity contribution >= 4 is 5.91 Å². The van der Waals surface area contributed by atoms with Gasteiger partial charge in [0, 0.05) is 19.7 Å². The molecule has 2 aromatic rings. The number of nitrogens with zero attached hydrogens (tertiary/aromatic N) is 1. The second-order valence-corrected chi connectivity index (χ2v) is 4.08. The van der Waals surface area contributed by atoms with E-state index in [1.807, 2.05) is 30.3 Å². The molecule has 2 rings (SSSR count).